The molecule has 5 heteroatoms. The van der Waals surface area contributed by atoms with Crippen molar-refractivity contribution in [3.8, 4) is 0 Å². The number of anilines is 1. The van der Waals surface area contributed by atoms with Gasteiger partial charge in [-0.2, -0.15) is 13.2 Å². The molecule has 1 rings (SSSR count). The van der Waals surface area contributed by atoms with Crippen molar-refractivity contribution in [3.05, 3.63) is 29.8 Å². The van der Waals surface area contributed by atoms with Crippen molar-refractivity contribution in [2.45, 2.75) is 12.6 Å². The van der Waals surface area contributed by atoms with Crippen LogP contribution in [0.2, 0.25) is 0 Å². The molecule has 1 aromatic carbocycles. The molecule has 0 aromatic heterocycles. The Morgan fingerprint density at radius 2 is 1.79 bits per heavy atom. The highest BCUT2D eigenvalue weighted by Crippen LogP contribution is 2.21. The first kappa shape index (κ1) is 10.6. The summed E-state index contributed by atoms with van der Waals surface area (Å²) in [4.78, 5) is 10.00. The zero-order valence-electron chi connectivity index (χ0n) is 7.14. The Hall–Kier alpha value is -1.52. The lowest BCUT2D eigenvalue weighted by molar-refractivity contribution is -0.127. The smallest absolute Gasteiger partial charge is 0.329 e. The molecule has 0 fully saturated rings. The predicted octanol–water partition coefficient (Wildman–Crippen LogP) is 2.36. The zero-order valence-corrected chi connectivity index (χ0v) is 7.14. The molecule has 0 saturated heterocycles. The van der Waals surface area contributed by atoms with E-state index in [1.165, 1.54) is 24.3 Å². The van der Waals surface area contributed by atoms with E-state index in [9.17, 15) is 18.0 Å². The van der Waals surface area contributed by atoms with E-state index >= 15 is 0 Å². The summed E-state index contributed by atoms with van der Waals surface area (Å²) in [7, 11) is 0. The Bertz CT molecular complexity index is 305. The second-order valence-electron chi connectivity index (χ2n) is 2.75. The molecular weight excluding hydrogens is 195 g/mol. The van der Waals surface area contributed by atoms with Crippen LogP contribution in [0.5, 0.6) is 0 Å². The molecule has 1 N–H and O–H groups in total. The first-order valence-electron chi connectivity index (χ1n) is 3.87. The molecule has 1 aromatic rings. The van der Waals surface area contributed by atoms with Gasteiger partial charge in [-0.3, -0.25) is 4.79 Å². The van der Waals surface area contributed by atoms with Gasteiger partial charge in [-0.25, -0.2) is 0 Å². The van der Waals surface area contributed by atoms with E-state index in [2.05, 4.69) is 5.32 Å². The fourth-order valence-corrected chi connectivity index (χ4v) is 1.02. The van der Waals surface area contributed by atoms with Crippen LogP contribution in [-0.4, -0.2) is 12.6 Å². The number of carbonyl (C=O) groups excluding carboxylic acids is 1. The normalized spacial score (nSPS) is 11.1. The molecular formula is C9H8F3NO. The minimum absolute atomic E-state index is 0.175. The number of amides is 1. The van der Waals surface area contributed by atoms with Crippen molar-refractivity contribution in [3.63, 3.8) is 0 Å². The average molecular weight is 203 g/mol. The third-order valence-electron chi connectivity index (χ3n) is 1.58. The van der Waals surface area contributed by atoms with E-state index in [1.807, 2.05) is 0 Å². The molecule has 0 aliphatic carbocycles. The number of nitrogens with one attached hydrogen (secondary N) is 1. The SMILES string of the molecule is O=CNc1ccc(CC(F)(F)F)cc1. The van der Waals surface area contributed by atoms with E-state index in [1.54, 1.807) is 0 Å². The maximum absolute atomic E-state index is 11.9. The van der Waals surface area contributed by atoms with Gasteiger partial charge in [0.2, 0.25) is 6.41 Å². The number of alkyl halides is 3. The van der Waals surface area contributed by atoms with Gasteiger partial charge in [0, 0.05) is 5.69 Å². The van der Waals surface area contributed by atoms with Crippen molar-refractivity contribution >= 4 is 12.1 Å². The van der Waals surface area contributed by atoms with Crippen LogP contribution in [0.4, 0.5) is 18.9 Å². The first-order valence-corrected chi connectivity index (χ1v) is 3.87. The Balaban J connectivity index is 2.68. The van der Waals surface area contributed by atoms with Crippen LogP contribution < -0.4 is 5.32 Å². The summed E-state index contributed by atoms with van der Waals surface area (Å²) in [5, 5.41) is 2.34. The summed E-state index contributed by atoms with van der Waals surface area (Å²) in [6.07, 6.45) is -4.67. The van der Waals surface area contributed by atoms with Gasteiger partial charge in [-0.05, 0) is 17.7 Å². The molecule has 0 unspecified atom stereocenters. The van der Waals surface area contributed by atoms with Gasteiger partial charge < -0.3 is 5.32 Å². The Labute approximate surface area is 78.7 Å². The maximum atomic E-state index is 11.9. The van der Waals surface area contributed by atoms with Crippen LogP contribution in [0.25, 0.3) is 0 Å². The Morgan fingerprint density at radius 1 is 1.21 bits per heavy atom. The second kappa shape index (κ2) is 4.13. The molecule has 1 amide bonds. The number of rotatable bonds is 3. The summed E-state index contributed by atoms with van der Waals surface area (Å²) < 4.78 is 35.8. The highest BCUT2D eigenvalue weighted by atomic mass is 19.4. The lowest BCUT2D eigenvalue weighted by Gasteiger charge is -2.06. The van der Waals surface area contributed by atoms with Crippen LogP contribution in [0.3, 0.4) is 0 Å². The minimum atomic E-state index is -4.19. The third kappa shape index (κ3) is 3.47. The summed E-state index contributed by atoms with van der Waals surface area (Å²) in [6, 6.07) is 5.52. The molecule has 0 radical (unpaired) electrons. The summed E-state index contributed by atoms with van der Waals surface area (Å²) >= 11 is 0. The predicted molar refractivity (Wildman–Crippen MR) is 45.9 cm³/mol. The van der Waals surface area contributed by atoms with E-state index in [0.717, 1.165) is 0 Å². The van der Waals surface area contributed by atoms with Gasteiger partial charge in [-0.1, -0.05) is 12.1 Å². The Kier molecular flexibility index (Phi) is 3.11. The van der Waals surface area contributed by atoms with Crippen LogP contribution in [0.15, 0.2) is 24.3 Å². The topological polar surface area (TPSA) is 29.1 Å². The fourth-order valence-electron chi connectivity index (χ4n) is 1.02. The van der Waals surface area contributed by atoms with Crippen molar-refractivity contribution in [1.82, 2.24) is 0 Å². The molecule has 0 saturated carbocycles. The van der Waals surface area contributed by atoms with E-state index < -0.39 is 12.6 Å². The molecule has 14 heavy (non-hydrogen) atoms. The van der Waals surface area contributed by atoms with Gasteiger partial charge >= 0.3 is 6.18 Å². The molecule has 0 atom stereocenters. The molecule has 0 bridgehead atoms. The van der Waals surface area contributed by atoms with Crippen LogP contribution in [-0.2, 0) is 11.2 Å². The number of benzene rings is 1. The fraction of sp³-hybridized carbons (Fsp3) is 0.222. The van der Waals surface area contributed by atoms with Crippen molar-refractivity contribution in [2.75, 3.05) is 5.32 Å². The van der Waals surface area contributed by atoms with Gasteiger partial charge in [0.05, 0.1) is 6.42 Å². The molecule has 76 valence electrons. The average Bonchev–Trinajstić information content (AvgIpc) is 2.06. The highest BCUT2D eigenvalue weighted by Gasteiger charge is 2.27. The maximum Gasteiger partial charge on any atom is 0.393 e. The Morgan fingerprint density at radius 3 is 2.21 bits per heavy atom. The van der Waals surface area contributed by atoms with E-state index in [4.69, 9.17) is 0 Å². The van der Waals surface area contributed by atoms with Gasteiger partial charge in [0.25, 0.3) is 0 Å². The number of hydrogen-bond donors (Lipinski definition) is 1. The first-order chi connectivity index (χ1) is 6.51. The number of hydrogen-bond acceptors (Lipinski definition) is 1. The van der Waals surface area contributed by atoms with Gasteiger partial charge in [0.1, 0.15) is 0 Å². The van der Waals surface area contributed by atoms with Gasteiger partial charge in [0.15, 0.2) is 0 Å². The van der Waals surface area contributed by atoms with Crippen molar-refractivity contribution in [1.29, 1.82) is 0 Å². The largest absolute Gasteiger partial charge is 0.393 e. The standard InChI is InChI=1S/C9H8F3NO/c10-9(11,12)5-7-1-3-8(4-2-7)13-6-14/h1-4,6H,5H2,(H,13,14). The van der Waals surface area contributed by atoms with Crippen molar-refractivity contribution < 1.29 is 18.0 Å². The monoisotopic (exact) mass is 203 g/mol. The van der Waals surface area contributed by atoms with Crippen LogP contribution >= 0.6 is 0 Å². The van der Waals surface area contributed by atoms with E-state index in [-0.39, 0.29) is 5.56 Å². The summed E-state index contributed by atoms with van der Waals surface area (Å²) in [5.41, 5.74) is 0.653. The number of halogens is 3. The molecule has 0 aliphatic heterocycles. The van der Waals surface area contributed by atoms with E-state index in [0.29, 0.717) is 12.1 Å². The van der Waals surface area contributed by atoms with Gasteiger partial charge in [-0.15, -0.1) is 0 Å². The van der Waals surface area contributed by atoms with Crippen LogP contribution in [0, 0.1) is 0 Å². The molecule has 0 heterocycles. The molecule has 0 spiro atoms. The quantitative estimate of drug-likeness (QED) is 0.750. The zero-order chi connectivity index (χ0) is 10.6. The summed E-state index contributed by atoms with van der Waals surface area (Å²) in [5.74, 6) is 0. The van der Waals surface area contributed by atoms with Crippen molar-refractivity contribution in [2.24, 2.45) is 0 Å². The lowest BCUT2D eigenvalue weighted by atomic mass is 10.1. The third-order valence-corrected chi connectivity index (χ3v) is 1.58. The molecule has 2 nitrogen and oxygen atoms in total. The highest BCUT2D eigenvalue weighted by molar-refractivity contribution is 5.71. The molecule has 0 aliphatic rings. The van der Waals surface area contributed by atoms with Crippen LogP contribution in [0.1, 0.15) is 5.56 Å². The lowest BCUT2D eigenvalue weighted by Crippen LogP contribution is -2.11. The number of carbonyl (C=O) groups is 1. The minimum Gasteiger partial charge on any atom is -0.329 e. The second-order valence-corrected chi connectivity index (χ2v) is 2.75. The summed E-state index contributed by atoms with van der Waals surface area (Å²) in [6.45, 7) is 0.